The molecular weight excluding hydrogens is 242 g/mol. The highest BCUT2D eigenvalue weighted by molar-refractivity contribution is 5.98. The van der Waals surface area contributed by atoms with Gasteiger partial charge < -0.3 is 14.4 Å². The number of likely N-dealkylation sites (N-methyl/N-ethyl adjacent to an activating group) is 1. The Hall–Kier alpha value is -2.07. The summed E-state index contributed by atoms with van der Waals surface area (Å²) in [5.41, 5.74) is 1.72. The third kappa shape index (κ3) is 2.85. The second kappa shape index (κ2) is 6.20. The molecule has 19 heavy (non-hydrogen) atoms. The molecule has 0 fully saturated rings. The lowest BCUT2D eigenvalue weighted by Gasteiger charge is -2.18. The molecule has 0 saturated carbocycles. The van der Waals surface area contributed by atoms with Crippen molar-refractivity contribution in [2.24, 2.45) is 0 Å². The maximum atomic E-state index is 12.3. The van der Waals surface area contributed by atoms with E-state index in [1.807, 2.05) is 37.3 Å². The molecule has 4 heteroatoms. The van der Waals surface area contributed by atoms with E-state index in [1.165, 1.54) is 6.26 Å². The average Bonchev–Trinajstić information content (AvgIpc) is 2.94. The Kier molecular flexibility index (Phi) is 4.36. The smallest absolute Gasteiger partial charge is 0.290 e. The molecule has 0 unspecified atom stereocenters. The van der Waals surface area contributed by atoms with Gasteiger partial charge in [-0.3, -0.25) is 4.79 Å². The quantitative estimate of drug-likeness (QED) is 0.897. The van der Waals surface area contributed by atoms with Crippen molar-refractivity contribution in [2.75, 3.05) is 19.7 Å². The van der Waals surface area contributed by atoms with Gasteiger partial charge in [-0.1, -0.05) is 30.3 Å². The molecule has 0 aliphatic rings. The van der Waals surface area contributed by atoms with Crippen molar-refractivity contribution >= 4 is 5.91 Å². The number of aliphatic hydroxyl groups excluding tert-OH is 1. The third-order valence-electron chi connectivity index (χ3n) is 2.98. The van der Waals surface area contributed by atoms with Gasteiger partial charge in [0, 0.05) is 18.7 Å². The maximum Gasteiger partial charge on any atom is 0.290 e. The number of furan rings is 1. The van der Waals surface area contributed by atoms with E-state index in [9.17, 15) is 4.79 Å². The van der Waals surface area contributed by atoms with Crippen molar-refractivity contribution < 1.29 is 14.3 Å². The summed E-state index contributed by atoms with van der Waals surface area (Å²) in [6.45, 7) is 2.66. The summed E-state index contributed by atoms with van der Waals surface area (Å²) in [4.78, 5) is 13.9. The van der Waals surface area contributed by atoms with Gasteiger partial charge in [0.05, 0.1) is 12.9 Å². The van der Waals surface area contributed by atoms with Crippen LogP contribution in [0.2, 0.25) is 0 Å². The Bertz CT molecular complexity index is 533. The molecule has 0 spiro atoms. The van der Waals surface area contributed by atoms with E-state index >= 15 is 0 Å². The third-order valence-corrected chi connectivity index (χ3v) is 2.98. The monoisotopic (exact) mass is 259 g/mol. The molecule has 1 amide bonds. The number of benzene rings is 1. The molecule has 1 aromatic carbocycles. The first-order valence-corrected chi connectivity index (χ1v) is 6.31. The molecule has 2 rings (SSSR count). The molecule has 0 bridgehead atoms. The van der Waals surface area contributed by atoms with Crippen molar-refractivity contribution in [3.63, 3.8) is 0 Å². The van der Waals surface area contributed by atoms with Crippen LogP contribution in [0.25, 0.3) is 11.1 Å². The molecular formula is C15H17NO3. The number of rotatable bonds is 5. The minimum absolute atomic E-state index is 0.0546. The minimum Gasteiger partial charge on any atom is -0.459 e. The largest absolute Gasteiger partial charge is 0.459 e. The van der Waals surface area contributed by atoms with Crippen LogP contribution in [-0.2, 0) is 0 Å². The fourth-order valence-corrected chi connectivity index (χ4v) is 1.99. The number of carbonyl (C=O) groups excluding carboxylic acids is 1. The normalized spacial score (nSPS) is 10.4. The van der Waals surface area contributed by atoms with Crippen LogP contribution in [0.4, 0.5) is 0 Å². The lowest BCUT2D eigenvalue weighted by molar-refractivity contribution is 0.0701. The van der Waals surface area contributed by atoms with E-state index < -0.39 is 0 Å². The molecule has 0 aliphatic heterocycles. The molecule has 0 atom stereocenters. The lowest BCUT2D eigenvalue weighted by atomic mass is 10.1. The summed E-state index contributed by atoms with van der Waals surface area (Å²) in [7, 11) is 0. The lowest BCUT2D eigenvalue weighted by Crippen LogP contribution is -2.33. The van der Waals surface area contributed by atoms with Crippen molar-refractivity contribution in [1.82, 2.24) is 4.90 Å². The van der Waals surface area contributed by atoms with Crippen LogP contribution in [0.15, 0.2) is 47.1 Å². The van der Waals surface area contributed by atoms with Crippen molar-refractivity contribution in [2.45, 2.75) is 6.92 Å². The Morgan fingerprint density at radius 3 is 2.63 bits per heavy atom. The zero-order chi connectivity index (χ0) is 13.7. The number of nitrogens with zero attached hydrogens (tertiary/aromatic N) is 1. The van der Waals surface area contributed by atoms with Gasteiger partial charge in [0.1, 0.15) is 0 Å². The predicted octanol–water partition coefficient (Wildman–Crippen LogP) is 2.40. The number of hydrogen-bond donors (Lipinski definition) is 1. The van der Waals surface area contributed by atoms with Crippen LogP contribution in [0.5, 0.6) is 0 Å². The van der Waals surface area contributed by atoms with Gasteiger partial charge in [0.15, 0.2) is 5.76 Å². The Labute approximate surface area is 112 Å². The van der Waals surface area contributed by atoms with Gasteiger partial charge in [-0.05, 0) is 18.6 Å². The van der Waals surface area contributed by atoms with Crippen molar-refractivity contribution in [3.05, 3.63) is 48.4 Å². The summed E-state index contributed by atoms with van der Waals surface area (Å²) in [6.07, 6.45) is 1.52. The summed E-state index contributed by atoms with van der Waals surface area (Å²) in [5.74, 6) is 0.127. The zero-order valence-corrected chi connectivity index (χ0v) is 10.9. The first-order valence-electron chi connectivity index (χ1n) is 6.31. The fourth-order valence-electron chi connectivity index (χ4n) is 1.99. The maximum absolute atomic E-state index is 12.3. The van der Waals surface area contributed by atoms with Crippen LogP contribution in [0, 0.1) is 0 Å². The molecule has 0 saturated heterocycles. The molecule has 1 heterocycles. The van der Waals surface area contributed by atoms with Crippen LogP contribution >= 0.6 is 0 Å². The Balaban J connectivity index is 2.32. The predicted molar refractivity (Wildman–Crippen MR) is 72.8 cm³/mol. The van der Waals surface area contributed by atoms with Gasteiger partial charge in [0.2, 0.25) is 0 Å². The highest BCUT2D eigenvalue weighted by atomic mass is 16.3. The van der Waals surface area contributed by atoms with Gasteiger partial charge in [-0.15, -0.1) is 0 Å². The van der Waals surface area contributed by atoms with Crippen LogP contribution in [0.3, 0.4) is 0 Å². The molecule has 1 N–H and O–H groups in total. The van der Waals surface area contributed by atoms with Crippen molar-refractivity contribution in [3.8, 4) is 11.1 Å². The average molecular weight is 259 g/mol. The standard InChI is InChI=1S/C15H17NO3/c1-2-16(9-10-17)15(18)14-13(8-11-19-14)12-6-4-3-5-7-12/h3-8,11,17H,2,9-10H2,1H3. The van der Waals surface area contributed by atoms with Gasteiger partial charge in [-0.2, -0.15) is 0 Å². The van der Waals surface area contributed by atoms with Gasteiger partial charge in [0.25, 0.3) is 5.91 Å². The van der Waals surface area contributed by atoms with E-state index in [2.05, 4.69) is 0 Å². The Morgan fingerprint density at radius 1 is 1.26 bits per heavy atom. The van der Waals surface area contributed by atoms with E-state index in [4.69, 9.17) is 9.52 Å². The van der Waals surface area contributed by atoms with Gasteiger partial charge in [-0.25, -0.2) is 0 Å². The molecule has 0 aliphatic carbocycles. The number of aliphatic hydroxyl groups is 1. The highest BCUT2D eigenvalue weighted by Crippen LogP contribution is 2.25. The van der Waals surface area contributed by atoms with E-state index in [-0.39, 0.29) is 12.5 Å². The summed E-state index contributed by atoms with van der Waals surface area (Å²) >= 11 is 0. The zero-order valence-electron chi connectivity index (χ0n) is 10.9. The van der Waals surface area contributed by atoms with Crippen LogP contribution in [-0.4, -0.2) is 35.6 Å². The molecule has 1 aromatic heterocycles. The number of hydrogen-bond acceptors (Lipinski definition) is 3. The molecule has 0 radical (unpaired) electrons. The minimum atomic E-state index is -0.194. The summed E-state index contributed by atoms with van der Waals surface area (Å²) in [5, 5.41) is 8.98. The van der Waals surface area contributed by atoms with Crippen LogP contribution < -0.4 is 0 Å². The second-order valence-corrected chi connectivity index (χ2v) is 4.14. The molecule has 100 valence electrons. The van der Waals surface area contributed by atoms with Gasteiger partial charge >= 0.3 is 0 Å². The second-order valence-electron chi connectivity index (χ2n) is 4.14. The van der Waals surface area contributed by atoms with E-state index in [1.54, 1.807) is 11.0 Å². The number of carbonyl (C=O) groups is 1. The summed E-state index contributed by atoms with van der Waals surface area (Å²) < 4.78 is 5.34. The topological polar surface area (TPSA) is 53.7 Å². The first kappa shape index (κ1) is 13.4. The summed E-state index contributed by atoms with van der Waals surface area (Å²) in [6, 6.07) is 11.4. The van der Waals surface area contributed by atoms with Crippen molar-refractivity contribution in [1.29, 1.82) is 0 Å². The highest BCUT2D eigenvalue weighted by Gasteiger charge is 2.21. The van der Waals surface area contributed by atoms with Crippen LogP contribution in [0.1, 0.15) is 17.5 Å². The number of amides is 1. The Morgan fingerprint density at radius 2 is 2.00 bits per heavy atom. The molecule has 4 nitrogen and oxygen atoms in total. The van der Waals surface area contributed by atoms with E-state index in [0.717, 1.165) is 11.1 Å². The molecule has 2 aromatic rings. The fraction of sp³-hybridized carbons (Fsp3) is 0.267. The first-order chi connectivity index (χ1) is 9.27. The van der Waals surface area contributed by atoms with E-state index in [0.29, 0.717) is 18.8 Å². The SMILES string of the molecule is CCN(CCO)C(=O)c1occc1-c1ccccc1.